The highest BCUT2D eigenvalue weighted by Crippen LogP contribution is 2.39. The van der Waals surface area contributed by atoms with Crippen molar-refractivity contribution < 1.29 is 0 Å². The molecule has 2 nitrogen and oxygen atoms in total. The largest absolute Gasteiger partial charge is 0.310 e. The second-order valence-corrected chi connectivity index (χ2v) is 8.33. The van der Waals surface area contributed by atoms with Gasteiger partial charge in [0.05, 0.1) is 0 Å². The number of nitrogens with one attached hydrogen (secondary N) is 2. The van der Waals surface area contributed by atoms with E-state index < -0.39 is 0 Å². The van der Waals surface area contributed by atoms with Crippen molar-refractivity contribution in [3.8, 4) is 0 Å². The molecule has 0 aromatic heterocycles. The van der Waals surface area contributed by atoms with E-state index in [1.165, 1.54) is 36.0 Å². The lowest BCUT2D eigenvalue weighted by Crippen LogP contribution is -2.46. The van der Waals surface area contributed by atoms with E-state index in [9.17, 15) is 0 Å². The zero-order chi connectivity index (χ0) is 18.0. The summed E-state index contributed by atoms with van der Waals surface area (Å²) in [6.45, 7) is 4.26. The summed E-state index contributed by atoms with van der Waals surface area (Å²) in [6, 6.07) is 16.0. The maximum atomic E-state index is 6.47. The fourth-order valence-corrected chi connectivity index (χ4v) is 4.88. The molecule has 138 valence electrons. The lowest BCUT2D eigenvalue weighted by molar-refractivity contribution is 0.223. The number of fused-ring (bicyclic) bond motifs is 1. The van der Waals surface area contributed by atoms with Crippen LogP contribution in [-0.2, 0) is 12.0 Å². The Morgan fingerprint density at radius 3 is 2.81 bits per heavy atom. The summed E-state index contributed by atoms with van der Waals surface area (Å²) in [4.78, 5) is 0. The van der Waals surface area contributed by atoms with E-state index in [1.54, 1.807) is 0 Å². The van der Waals surface area contributed by atoms with Crippen LogP contribution in [0.1, 0.15) is 60.4 Å². The van der Waals surface area contributed by atoms with Gasteiger partial charge in [0.25, 0.3) is 0 Å². The number of aryl methyl sites for hydroxylation is 1. The Morgan fingerprint density at radius 1 is 1.12 bits per heavy atom. The molecule has 26 heavy (non-hydrogen) atoms. The van der Waals surface area contributed by atoms with Gasteiger partial charge in [-0.15, -0.1) is 0 Å². The van der Waals surface area contributed by atoms with Crippen LogP contribution in [-0.4, -0.2) is 13.1 Å². The average molecular weight is 369 g/mol. The molecule has 2 aromatic carbocycles. The molecule has 0 amide bonds. The number of halogens is 1. The Hall–Kier alpha value is -1.35. The lowest BCUT2D eigenvalue weighted by Gasteiger charge is -2.41. The van der Waals surface area contributed by atoms with Crippen molar-refractivity contribution >= 4 is 11.6 Å². The van der Waals surface area contributed by atoms with Gasteiger partial charge in [-0.25, -0.2) is 0 Å². The lowest BCUT2D eigenvalue weighted by atomic mass is 9.77. The first-order chi connectivity index (χ1) is 12.7. The molecule has 0 aliphatic carbocycles. The van der Waals surface area contributed by atoms with Gasteiger partial charge in [-0.1, -0.05) is 54.4 Å². The zero-order valence-electron chi connectivity index (χ0n) is 15.7. The van der Waals surface area contributed by atoms with Crippen molar-refractivity contribution in [3.63, 3.8) is 0 Å². The molecule has 2 aliphatic rings. The van der Waals surface area contributed by atoms with Crippen LogP contribution in [0, 0.1) is 6.92 Å². The topological polar surface area (TPSA) is 24.1 Å². The van der Waals surface area contributed by atoms with Crippen LogP contribution < -0.4 is 10.6 Å². The Bertz CT molecular complexity index is 765. The fraction of sp³-hybridized carbons (Fsp3) is 0.478. The van der Waals surface area contributed by atoms with Crippen LogP contribution in [0.15, 0.2) is 42.5 Å². The van der Waals surface area contributed by atoms with E-state index >= 15 is 0 Å². The highest BCUT2D eigenvalue weighted by atomic mass is 35.5. The normalized spacial score (nSPS) is 25.7. The predicted octanol–water partition coefficient (Wildman–Crippen LogP) is 5.28. The SMILES string of the molecule is Cc1ccc(C2(CCC3NCCc4ccccc43)CCCCN2)cc1Cl. The van der Waals surface area contributed by atoms with E-state index in [1.807, 2.05) is 0 Å². The molecular formula is C23H29ClN2. The maximum absolute atomic E-state index is 6.47. The summed E-state index contributed by atoms with van der Waals surface area (Å²) in [5.74, 6) is 0. The summed E-state index contributed by atoms with van der Waals surface area (Å²) in [5, 5.41) is 8.51. The summed E-state index contributed by atoms with van der Waals surface area (Å²) < 4.78 is 0. The molecule has 0 saturated carbocycles. The highest BCUT2D eigenvalue weighted by molar-refractivity contribution is 6.31. The van der Waals surface area contributed by atoms with Gasteiger partial charge in [-0.2, -0.15) is 0 Å². The average Bonchev–Trinajstić information content (AvgIpc) is 2.69. The van der Waals surface area contributed by atoms with E-state index in [0.29, 0.717) is 6.04 Å². The third-order valence-corrected chi connectivity index (χ3v) is 6.70. The quantitative estimate of drug-likeness (QED) is 0.766. The minimum Gasteiger partial charge on any atom is -0.310 e. The molecule has 0 spiro atoms. The third kappa shape index (κ3) is 3.55. The standard InChI is InChI=1S/C23H29ClN2/c1-17-8-9-19(16-21(17)24)23(12-4-5-14-26-23)13-10-22-20-7-3-2-6-18(20)11-15-25-22/h2-3,6-9,16,22,25-26H,4-5,10-15H2,1H3. The van der Waals surface area contributed by atoms with Crippen molar-refractivity contribution in [2.45, 2.75) is 57.0 Å². The van der Waals surface area contributed by atoms with Gasteiger partial charge < -0.3 is 10.6 Å². The fourth-order valence-electron chi connectivity index (χ4n) is 4.70. The number of hydrogen-bond acceptors (Lipinski definition) is 2. The van der Waals surface area contributed by atoms with Crippen molar-refractivity contribution in [2.75, 3.05) is 13.1 Å². The van der Waals surface area contributed by atoms with Crippen molar-refractivity contribution in [3.05, 3.63) is 69.7 Å². The summed E-state index contributed by atoms with van der Waals surface area (Å²) in [6.07, 6.45) is 7.18. The maximum Gasteiger partial charge on any atom is 0.0438 e. The van der Waals surface area contributed by atoms with E-state index in [2.05, 4.69) is 60.0 Å². The van der Waals surface area contributed by atoms with Crippen LogP contribution in [0.25, 0.3) is 0 Å². The zero-order valence-corrected chi connectivity index (χ0v) is 16.4. The van der Waals surface area contributed by atoms with Gasteiger partial charge in [-0.3, -0.25) is 0 Å². The summed E-state index contributed by atoms with van der Waals surface area (Å²) >= 11 is 6.47. The first-order valence-electron chi connectivity index (χ1n) is 10.0. The number of rotatable bonds is 4. The molecule has 1 saturated heterocycles. The van der Waals surface area contributed by atoms with Crippen LogP contribution in [0.2, 0.25) is 5.02 Å². The smallest absolute Gasteiger partial charge is 0.0438 e. The van der Waals surface area contributed by atoms with E-state index in [-0.39, 0.29) is 5.54 Å². The summed E-state index contributed by atoms with van der Waals surface area (Å²) in [7, 11) is 0. The molecule has 2 N–H and O–H groups in total. The van der Waals surface area contributed by atoms with Gasteiger partial charge in [0.1, 0.15) is 0 Å². The molecule has 2 unspecified atom stereocenters. The Kier molecular flexibility index (Phi) is 5.35. The minimum absolute atomic E-state index is 0.0592. The Labute approximate surface area is 162 Å². The monoisotopic (exact) mass is 368 g/mol. The molecule has 1 fully saturated rings. The van der Waals surface area contributed by atoms with Gasteiger partial charge >= 0.3 is 0 Å². The minimum atomic E-state index is 0.0592. The number of benzene rings is 2. The van der Waals surface area contributed by atoms with Gasteiger partial charge in [0, 0.05) is 16.6 Å². The summed E-state index contributed by atoms with van der Waals surface area (Å²) in [5.41, 5.74) is 5.58. The second-order valence-electron chi connectivity index (χ2n) is 7.92. The Morgan fingerprint density at radius 2 is 2.00 bits per heavy atom. The van der Waals surface area contributed by atoms with Crippen LogP contribution in [0.5, 0.6) is 0 Å². The van der Waals surface area contributed by atoms with E-state index in [0.717, 1.165) is 42.9 Å². The molecule has 2 heterocycles. The van der Waals surface area contributed by atoms with Crippen molar-refractivity contribution in [2.24, 2.45) is 0 Å². The van der Waals surface area contributed by atoms with Crippen molar-refractivity contribution in [1.82, 2.24) is 10.6 Å². The van der Waals surface area contributed by atoms with Gasteiger partial charge in [0.15, 0.2) is 0 Å². The highest BCUT2D eigenvalue weighted by Gasteiger charge is 2.35. The van der Waals surface area contributed by atoms with Gasteiger partial charge in [-0.05, 0) is 80.4 Å². The molecule has 0 bridgehead atoms. The predicted molar refractivity (Wildman–Crippen MR) is 110 cm³/mol. The molecule has 0 radical (unpaired) electrons. The first kappa shape index (κ1) is 18.0. The number of piperidine rings is 1. The van der Waals surface area contributed by atoms with Crippen LogP contribution >= 0.6 is 11.6 Å². The number of hydrogen-bond donors (Lipinski definition) is 2. The molecular weight excluding hydrogens is 340 g/mol. The Balaban J connectivity index is 1.58. The van der Waals surface area contributed by atoms with E-state index in [4.69, 9.17) is 11.6 Å². The molecule has 2 aliphatic heterocycles. The molecule has 4 rings (SSSR count). The third-order valence-electron chi connectivity index (χ3n) is 6.29. The molecule has 3 heteroatoms. The van der Waals surface area contributed by atoms with Crippen LogP contribution in [0.4, 0.5) is 0 Å². The first-order valence-corrected chi connectivity index (χ1v) is 10.4. The second kappa shape index (κ2) is 7.72. The molecule has 2 atom stereocenters. The van der Waals surface area contributed by atoms with Gasteiger partial charge in [0.2, 0.25) is 0 Å². The van der Waals surface area contributed by atoms with Crippen LogP contribution in [0.3, 0.4) is 0 Å². The molecule has 2 aromatic rings. The van der Waals surface area contributed by atoms with Crippen molar-refractivity contribution in [1.29, 1.82) is 0 Å².